The van der Waals surface area contributed by atoms with Gasteiger partial charge in [0.25, 0.3) is 0 Å². The number of carbonyl (C=O) groups is 1. The molecule has 4 atom stereocenters. The number of aryl methyl sites for hydroxylation is 2. The zero-order valence-corrected chi connectivity index (χ0v) is 19.8. The van der Waals surface area contributed by atoms with Crippen molar-refractivity contribution in [3.8, 4) is 0 Å². The van der Waals surface area contributed by atoms with Crippen LogP contribution in [0.4, 0.5) is 0 Å². The molecule has 4 rings (SSSR count). The van der Waals surface area contributed by atoms with Crippen molar-refractivity contribution in [3.63, 3.8) is 0 Å². The summed E-state index contributed by atoms with van der Waals surface area (Å²) >= 11 is 0. The van der Waals surface area contributed by atoms with E-state index >= 15 is 0 Å². The van der Waals surface area contributed by atoms with Crippen molar-refractivity contribution >= 4 is 5.91 Å². The molecule has 32 heavy (non-hydrogen) atoms. The Morgan fingerprint density at radius 2 is 2.00 bits per heavy atom. The summed E-state index contributed by atoms with van der Waals surface area (Å²) in [6.07, 6.45) is 18.6. The number of nitrogens with zero attached hydrogens (tertiary/aromatic N) is 1. The first kappa shape index (κ1) is 23.3. The van der Waals surface area contributed by atoms with Gasteiger partial charge in [-0.15, -0.1) is 0 Å². The van der Waals surface area contributed by atoms with E-state index in [1.807, 2.05) is 0 Å². The number of piperidine rings is 1. The molecule has 1 saturated heterocycles. The summed E-state index contributed by atoms with van der Waals surface area (Å²) in [6, 6.07) is 8.75. The average Bonchev–Trinajstić information content (AvgIpc) is 3.31. The molecule has 0 spiro atoms. The van der Waals surface area contributed by atoms with Gasteiger partial charge in [-0.1, -0.05) is 53.6 Å². The third-order valence-corrected chi connectivity index (χ3v) is 7.84. The fourth-order valence-electron chi connectivity index (χ4n) is 6.09. The Morgan fingerprint density at radius 3 is 2.81 bits per heavy atom. The molecular weight excluding hydrogens is 394 g/mol. The molecule has 2 fully saturated rings. The Balaban J connectivity index is 1.17. The van der Waals surface area contributed by atoms with Crippen LogP contribution >= 0.6 is 0 Å². The molecular formula is C29H41NO2. The molecule has 1 saturated carbocycles. The monoisotopic (exact) mass is 435 g/mol. The second-order valence-electron chi connectivity index (χ2n) is 10.3. The van der Waals surface area contributed by atoms with Crippen LogP contribution in [0.3, 0.4) is 0 Å². The van der Waals surface area contributed by atoms with Crippen LogP contribution in [0.25, 0.3) is 0 Å². The predicted molar refractivity (Wildman–Crippen MR) is 131 cm³/mol. The predicted octanol–water partition coefficient (Wildman–Crippen LogP) is 6.00. The van der Waals surface area contributed by atoms with Crippen LogP contribution in [-0.4, -0.2) is 35.1 Å². The van der Waals surface area contributed by atoms with Crippen molar-refractivity contribution < 1.29 is 9.90 Å². The van der Waals surface area contributed by atoms with Crippen molar-refractivity contribution in [1.82, 2.24) is 4.90 Å². The number of aliphatic hydroxyl groups is 1. The van der Waals surface area contributed by atoms with Gasteiger partial charge in [0.15, 0.2) is 0 Å². The smallest absolute Gasteiger partial charge is 0.222 e. The summed E-state index contributed by atoms with van der Waals surface area (Å²) in [5, 5.41) is 10.6. The van der Waals surface area contributed by atoms with E-state index in [0.29, 0.717) is 30.1 Å². The number of unbranched alkanes of at least 4 members (excludes halogenated alkanes) is 1. The number of hydrogen-bond donors (Lipinski definition) is 1. The van der Waals surface area contributed by atoms with Gasteiger partial charge in [-0.3, -0.25) is 4.79 Å². The molecule has 2 aliphatic carbocycles. The maximum atomic E-state index is 12.3. The molecule has 1 amide bonds. The Bertz CT molecular complexity index is 820. The lowest BCUT2D eigenvalue weighted by atomic mass is 9.88. The van der Waals surface area contributed by atoms with E-state index in [9.17, 15) is 9.90 Å². The Kier molecular flexibility index (Phi) is 8.24. The van der Waals surface area contributed by atoms with E-state index in [1.165, 1.54) is 30.4 Å². The third kappa shape index (κ3) is 6.13. The molecule has 3 nitrogen and oxygen atoms in total. The number of hydrogen-bond acceptors (Lipinski definition) is 2. The first-order valence-electron chi connectivity index (χ1n) is 13.0. The number of rotatable bonds is 9. The maximum Gasteiger partial charge on any atom is 0.222 e. The summed E-state index contributed by atoms with van der Waals surface area (Å²) in [7, 11) is 0. The first-order chi connectivity index (χ1) is 15.6. The average molecular weight is 436 g/mol. The third-order valence-electron chi connectivity index (χ3n) is 7.84. The molecule has 3 aliphatic rings. The van der Waals surface area contributed by atoms with Gasteiger partial charge in [0.05, 0.1) is 6.10 Å². The number of benzene rings is 1. The highest BCUT2D eigenvalue weighted by atomic mass is 16.3. The zero-order valence-electron chi connectivity index (χ0n) is 19.8. The molecule has 174 valence electrons. The van der Waals surface area contributed by atoms with E-state index in [-0.39, 0.29) is 6.10 Å². The van der Waals surface area contributed by atoms with Gasteiger partial charge in [-0.05, 0) is 88.5 Å². The van der Waals surface area contributed by atoms with Gasteiger partial charge in [0.1, 0.15) is 0 Å². The fourth-order valence-corrected chi connectivity index (χ4v) is 6.09. The summed E-state index contributed by atoms with van der Waals surface area (Å²) in [5.74, 6) is 1.78. The lowest BCUT2D eigenvalue weighted by Crippen LogP contribution is -2.35. The van der Waals surface area contributed by atoms with Gasteiger partial charge in [-0.25, -0.2) is 0 Å². The second kappa shape index (κ2) is 11.3. The van der Waals surface area contributed by atoms with Crippen molar-refractivity contribution in [2.24, 2.45) is 17.8 Å². The van der Waals surface area contributed by atoms with Crippen molar-refractivity contribution in [1.29, 1.82) is 0 Å². The number of aliphatic hydroxyl groups excluding tert-OH is 1. The van der Waals surface area contributed by atoms with Crippen LogP contribution in [0.15, 0.2) is 48.1 Å². The molecule has 1 N–H and O–H groups in total. The minimum atomic E-state index is -0.194. The Labute approximate surface area is 194 Å². The van der Waals surface area contributed by atoms with Crippen LogP contribution in [-0.2, 0) is 11.2 Å². The lowest BCUT2D eigenvalue weighted by Gasteiger charge is -2.26. The van der Waals surface area contributed by atoms with E-state index in [2.05, 4.69) is 54.3 Å². The van der Waals surface area contributed by atoms with Gasteiger partial charge in [0, 0.05) is 25.4 Å². The highest BCUT2D eigenvalue weighted by Crippen LogP contribution is 2.48. The van der Waals surface area contributed by atoms with E-state index in [1.54, 1.807) is 5.57 Å². The van der Waals surface area contributed by atoms with E-state index in [0.717, 1.165) is 58.0 Å². The largest absolute Gasteiger partial charge is 0.392 e. The SMILES string of the molecule is Cc1cccc(CC/C=C/[C@@H]2[C@H]3CC(CCCCC(=O)N4CCCCC4)=C[C@H]3C[C@H]2O)c1. The first-order valence-corrected chi connectivity index (χ1v) is 13.0. The molecule has 1 aliphatic heterocycles. The molecule has 1 aromatic rings. The van der Waals surface area contributed by atoms with E-state index in [4.69, 9.17) is 0 Å². The van der Waals surface area contributed by atoms with Crippen molar-refractivity contribution in [2.45, 2.75) is 83.7 Å². The highest BCUT2D eigenvalue weighted by molar-refractivity contribution is 5.76. The lowest BCUT2D eigenvalue weighted by molar-refractivity contribution is -0.132. The van der Waals surface area contributed by atoms with Gasteiger partial charge in [0.2, 0.25) is 5.91 Å². The van der Waals surface area contributed by atoms with Gasteiger partial charge < -0.3 is 10.0 Å². The number of amides is 1. The Hall–Kier alpha value is -1.87. The summed E-state index contributed by atoms with van der Waals surface area (Å²) < 4.78 is 0. The standard InChI is InChI=1S/C29H41NO2/c1-22-10-9-13-23(18-22)11-3-5-14-26-27-20-24(19-25(27)21-28(26)31)12-4-6-15-29(32)30-16-7-2-8-17-30/h5,9-10,13-14,18-19,25-28,31H,2-4,6-8,11-12,15-17,20-21H2,1H3/b14-5+/t25-,26+,27-,28+/m0/s1. The molecule has 0 bridgehead atoms. The number of fused-ring (bicyclic) bond motifs is 1. The normalized spacial score (nSPS) is 27.7. The number of carbonyl (C=O) groups excluding carboxylic acids is 1. The van der Waals surface area contributed by atoms with Crippen molar-refractivity contribution in [3.05, 3.63) is 59.2 Å². The fraction of sp³-hybridized carbons (Fsp3) is 0.621. The molecule has 0 unspecified atom stereocenters. The van der Waals surface area contributed by atoms with Crippen LogP contribution in [0.2, 0.25) is 0 Å². The second-order valence-corrected chi connectivity index (χ2v) is 10.3. The zero-order chi connectivity index (χ0) is 22.3. The summed E-state index contributed by atoms with van der Waals surface area (Å²) in [6.45, 7) is 4.08. The molecule has 3 heteroatoms. The van der Waals surface area contributed by atoms with Gasteiger partial charge in [-0.2, -0.15) is 0 Å². The van der Waals surface area contributed by atoms with Crippen molar-refractivity contribution in [2.75, 3.05) is 13.1 Å². The minimum absolute atomic E-state index is 0.194. The number of allylic oxidation sites excluding steroid dienone is 3. The quantitative estimate of drug-likeness (QED) is 0.382. The topological polar surface area (TPSA) is 40.5 Å². The van der Waals surface area contributed by atoms with Crippen LogP contribution in [0.5, 0.6) is 0 Å². The number of likely N-dealkylation sites (tertiary alicyclic amines) is 1. The van der Waals surface area contributed by atoms with Crippen LogP contribution in [0.1, 0.15) is 75.3 Å². The van der Waals surface area contributed by atoms with E-state index < -0.39 is 0 Å². The summed E-state index contributed by atoms with van der Waals surface area (Å²) in [5.41, 5.74) is 4.28. The van der Waals surface area contributed by atoms with Crippen LogP contribution < -0.4 is 0 Å². The maximum absolute atomic E-state index is 12.3. The van der Waals surface area contributed by atoms with Crippen LogP contribution in [0, 0.1) is 24.7 Å². The Morgan fingerprint density at radius 1 is 1.16 bits per heavy atom. The molecule has 1 aromatic carbocycles. The molecule has 0 radical (unpaired) electrons. The van der Waals surface area contributed by atoms with Gasteiger partial charge >= 0.3 is 0 Å². The minimum Gasteiger partial charge on any atom is -0.392 e. The summed E-state index contributed by atoms with van der Waals surface area (Å²) in [4.78, 5) is 14.4. The highest BCUT2D eigenvalue weighted by Gasteiger charge is 2.43. The molecule has 1 heterocycles. The molecule has 0 aromatic heterocycles.